The Labute approximate surface area is 267 Å². The summed E-state index contributed by atoms with van der Waals surface area (Å²) in [5, 5.41) is 10.4. The first kappa shape index (κ1) is 29.8. The molecule has 0 bridgehead atoms. The third-order valence-electron chi connectivity index (χ3n) is 8.39. The second-order valence-electron chi connectivity index (χ2n) is 11.1. The number of benzene rings is 2. The Hall–Kier alpha value is -4.94. The minimum Gasteiger partial charge on any atom is -0.490 e. The summed E-state index contributed by atoms with van der Waals surface area (Å²) in [6, 6.07) is 11.2. The van der Waals surface area contributed by atoms with Crippen molar-refractivity contribution in [1.82, 2.24) is 19.7 Å². The Morgan fingerprint density at radius 3 is 2.78 bits per heavy atom. The summed E-state index contributed by atoms with van der Waals surface area (Å²) in [7, 11) is 1.52. The van der Waals surface area contributed by atoms with Gasteiger partial charge < -0.3 is 19.7 Å². The summed E-state index contributed by atoms with van der Waals surface area (Å²) in [4.78, 5) is 31.6. The predicted octanol–water partition coefficient (Wildman–Crippen LogP) is 6.38. The first-order valence-corrected chi connectivity index (χ1v) is 15.6. The molecule has 1 unspecified atom stereocenters. The average molecular weight is 642 g/mol. The van der Waals surface area contributed by atoms with Gasteiger partial charge in [-0.25, -0.2) is 13.8 Å². The van der Waals surface area contributed by atoms with Crippen molar-refractivity contribution < 1.29 is 27.8 Å². The number of fused-ring (bicyclic) bond motifs is 3. The zero-order valence-electron chi connectivity index (χ0n) is 25.1. The van der Waals surface area contributed by atoms with E-state index >= 15 is 4.39 Å². The fraction of sp³-hybridized carbons (Fsp3) is 0.235. The molecule has 1 atom stereocenters. The molecule has 234 valence electrons. The molecule has 5 aromatic rings. The number of thiophene rings is 1. The van der Waals surface area contributed by atoms with Gasteiger partial charge in [0.2, 0.25) is 11.8 Å². The smallest absolute Gasteiger partial charge is 0.246 e. The molecule has 0 saturated carbocycles. The van der Waals surface area contributed by atoms with Crippen LogP contribution >= 0.6 is 11.3 Å². The SMILES string of the molecule is C=CC(=O)N1CCn2nc(-c3nc(-c4ccc5c(c4)NC(=O)C5)c4ccsc4c3-c3c(F)cc(F)cc3OCCOC)cc2C1C. The van der Waals surface area contributed by atoms with Crippen molar-refractivity contribution >= 4 is 38.9 Å². The topological polar surface area (TPSA) is 98.6 Å². The van der Waals surface area contributed by atoms with Gasteiger partial charge in [0, 0.05) is 52.7 Å². The zero-order valence-corrected chi connectivity index (χ0v) is 25.9. The fourth-order valence-corrected chi connectivity index (χ4v) is 7.15. The Morgan fingerprint density at radius 2 is 1.98 bits per heavy atom. The molecular weight excluding hydrogens is 612 g/mol. The van der Waals surface area contributed by atoms with Crippen LogP contribution in [0.1, 0.15) is 24.2 Å². The number of carbonyl (C=O) groups excluding carboxylic acids is 2. The first-order chi connectivity index (χ1) is 22.3. The highest BCUT2D eigenvalue weighted by Gasteiger charge is 2.31. The number of amides is 2. The molecule has 46 heavy (non-hydrogen) atoms. The Morgan fingerprint density at radius 1 is 1.13 bits per heavy atom. The highest BCUT2D eigenvalue weighted by Crippen LogP contribution is 2.47. The molecule has 0 saturated heterocycles. The van der Waals surface area contributed by atoms with Gasteiger partial charge in [0.1, 0.15) is 35.4 Å². The molecule has 9 nitrogen and oxygen atoms in total. The van der Waals surface area contributed by atoms with E-state index in [1.54, 1.807) is 4.90 Å². The van der Waals surface area contributed by atoms with Crippen LogP contribution in [0, 0.1) is 11.6 Å². The molecule has 2 aliphatic rings. The lowest BCUT2D eigenvalue weighted by Gasteiger charge is -2.33. The van der Waals surface area contributed by atoms with E-state index in [2.05, 4.69) is 11.9 Å². The lowest BCUT2D eigenvalue weighted by atomic mass is 9.96. The number of rotatable bonds is 8. The number of anilines is 1. The number of hydrogen-bond donors (Lipinski definition) is 1. The summed E-state index contributed by atoms with van der Waals surface area (Å²) in [5.74, 6) is -1.83. The van der Waals surface area contributed by atoms with Crippen molar-refractivity contribution in [2.75, 3.05) is 32.2 Å². The predicted molar refractivity (Wildman–Crippen MR) is 172 cm³/mol. The van der Waals surface area contributed by atoms with Crippen LogP contribution in [0.25, 0.3) is 43.9 Å². The van der Waals surface area contributed by atoms with Gasteiger partial charge in [0.25, 0.3) is 0 Å². The van der Waals surface area contributed by atoms with E-state index in [4.69, 9.17) is 19.6 Å². The number of pyridine rings is 1. The summed E-state index contributed by atoms with van der Waals surface area (Å²) >= 11 is 1.40. The first-order valence-electron chi connectivity index (χ1n) is 14.7. The third kappa shape index (κ3) is 5.03. The zero-order chi connectivity index (χ0) is 32.1. The second-order valence-corrected chi connectivity index (χ2v) is 12.1. The van der Waals surface area contributed by atoms with Crippen molar-refractivity contribution in [2.45, 2.75) is 25.9 Å². The fourth-order valence-electron chi connectivity index (χ4n) is 6.20. The van der Waals surface area contributed by atoms with Crippen molar-refractivity contribution in [2.24, 2.45) is 0 Å². The summed E-state index contributed by atoms with van der Waals surface area (Å²) in [5.41, 5.74) is 5.07. The molecule has 12 heteroatoms. The van der Waals surface area contributed by atoms with Crippen molar-refractivity contribution in [3.8, 4) is 39.5 Å². The van der Waals surface area contributed by atoms with E-state index in [9.17, 15) is 14.0 Å². The number of halogens is 2. The molecule has 0 fully saturated rings. The van der Waals surface area contributed by atoms with Crippen LogP contribution in [-0.2, 0) is 27.3 Å². The summed E-state index contributed by atoms with van der Waals surface area (Å²) in [6.07, 6.45) is 1.60. The van der Waals surface area contributed by atoms with Gasteiger partial charge in [0.05, 0.1) is 42.6 Å². The van der Waals surface area contributed by atoms with E-state index in [0.29, 0.717) is 46.9 Å². The minimum atomic E-state index is -0.807. The van der Waals surface area contributed by atoms with Gasteiger partial charge in [0.15, 0.2) is 0 Å². The highest BCUT2D eigenvalue weighted by atomic mass is 32.1. The molecule has 2 aromatic carbocycles. The summed E-state index contributed by atoms with van der Waals surface area (Å²) < 4.78 is 44.2. The van der Waals surface area contributed by atoms with Gasteiger partial charge in [-0.3, -0.25) is 14.3 Å². The average Bonchev–Trinajstić information content (AvgIpc) is 3.78. The van der Waals surface area contributed by atoms with E-state index in [-0.39, 0.29) is 42.4 Å². The molecule has 1 N–H and O–H groups in total. The van der Waals surface area contributed by atoms with Gasteiger partial charge in [-0.1, -0.05) is 18.7 Å². The van der Waals surface area contributed by atoms with Gasteiger partial charge in [-0.05, 0) is 42.1 Å². The lowest BCUT2D eigenvalue weighted by molar-refractivity contribution is -0.129. The molecule has 0 spiro atoms. The maximum atomic E-state index is 16.0. The molecule has 7 rings (SSSR count). The van der Waals surface area contributed by atoms with Crippen LogP contribution in [0.4, 0.5) is 14.5 Å². The Kier molecular flexibility index (Phi) is 7.61. The minimum absolute atomic E-state index is 0.0142. The number of nitrogens with one attached hydrogen (secondary N) is 1. The van der Waals surface area contributed by atoms with Crippen LogP contribution < -0.4 is 10.1 Å². The normalized spacial score (nSPS) is 15.5. The standard InChI is InChI=1S/C34H29F2N5O4S/c1-4-29(43)40-8-9-41-26(18(40)2)17-25(39-41)33-31(30-23(36)15-21(35)16-27(30)45-11-10-44-3)34-22(7-12-46-34)32(38-33)20-6-5-19-14-28(42)37-24(19)13-20/h4-7,12-13,15-18H,1,8-11,14H2,2-3H3,(H,37,42). The number of methoxy groups -OCH3 is 1. The van der Waals surface area contributed by atoms with Crippen molar-refractivity contribution in [3.63, 3.8) is 0 Å². The quantitative estimate of drug-likeness (QED) is 0.156. The molecule has 2 amide bonds. The Balaban J connectivity index is 1.49. The monoisotopic (exact) mass is 641 g/mol. The van der Waals surface area contributed by atoms with Crippen LogP contribution in [0.15, 0.2) is 60.5 Å². The van der Waals surface area contributed by atoms with Crippen molar-refractivity contribution in [1.29, 1.82) is 0 Å². The second kappa shape index (κ2) is 11.8. The van der Waals surface area contributed by atoms with Crippen LogP contribution in [0.5, 0.6) is 5.75 Å². The van der Waals surface area contributed by atoms with Gasteiger partial charge in [-0.15, -0.1) is 11.3 Å². The molecule has 0 radical (unpaired) electrons. The highest BCUT2D eigenvalue weighted by molar-refractivity contribution is 7.18. The number of nitrogens with zero attached hydrogens (tertiary/aromatic N) is 4. The number of ether oxygens (including phenoxy) is 2. The third-order valence-corrected chi connectivity index (χ3v) is 9.32. The van der Waals surface area contributed by atoms with E-state index in [1.807, 2.05) is 47.3 Å². The lowest BCUT2D eigenvalue weighted by Crippen LogP contribution is -2.40. The number of carbonyl (C=O) groups is 2. The van der Waals surface area contributed by atoms with Crippen molar-refractivity contribution in [3.05, 3.63) is 83.4 Å². The summed E-state index contributed by atoms with van der Waals surface area (Å²) in [6.45, 7) is 6.74. The molecule has 2 aliphatic heterocycles. The molecular formula is C34H29F2N5O4S. The maximum Gasteiger partial charge on any atom is 0.246 e. The van der Waals surface area contributed by atoms with Gasteiger partial charge in [-0.2, -0.15) is 5.10 Å². The Bertz CT molecular complexity index is 2060. The van der Waals surface area contributed by atoms with E-state index in [0.717, 1.165) is 40.0 Å². The largest absolute Gasteiger partial charge is 0.490 e. The van der Waals surface area contributed by atoms with E-state index in [1.165, 1.54) is 24.5 Å². The van der Waals surface area contributed by atoms with Gasteiger partial charge >= 0.3 is 0 Å². The van der Waals surface area contributed by atoms with Crippen LogP contribution in [0.2, 0.25) is 0 Å². The maximum absolute atomic E-state index is 16.0. The molecule has 3 aromatic heterocycles. The van der Waals surface area contributed by atoms with Crippen LogP contribution in [-0.4, -0.2) is 58.3 Å². The van der Waals surface area contributed by atoms with Crippen LogP contribution in [0.3, 0.4) is 0 Å². The van der Waals surface area contributed by atoms with E-state index < -0.39 is 11.6 Å². The number of hydrogen-bond acceptors (Lipinski definition) is 7. The molecule has 0 aliphatic carbocycles. The molecule has 5 heterocycles. The number of aromatic nitrogens is 3.